The largest absolute Gasteiger partial charge is 0.423 e. The van der Waals surface area contributed by atoms with Gasteiger partial charge in [0.05, 0.1) is 36.9 Å². The summed E-state index contributed by atoms with van der Waals surface area (Å²) < 4.78 is 7.45. The van der Waals surface area contributed by atoms with Crippen LogP contribution < -0.4 is 16.0 Å². The number of fused-ring (bicyclic) bond motifs is 1. The molecule has 0 saturated carbocycles. The van der Waals surface area contributed by atoms with Gasteiger partial charge in [-0.05, 0) is 24.6 Å². The zero-order chi connectivity index (χ0) is 22.2. The fraction of sp³-hybridized carbons (Fsp3) is 0.286. The molecule has 3 aromatic heterocycles. The SMILES string of the molecule is Cc1ccc2nc(N3CC(c4cnc(Nc5cnn(CCO)c5)c(C(N)=O)n4)C3)oc2c1. The van der Waals surface area contributed by atoms with Gasteiger partial charge in [0.1, 0.15) is 5.52 Å². The molecule has 0 bridgehead atoms. The highest BCUT2D eigenvalue weighted by molar-refractivity contribution is 5.96. The molecule has 11 nitrogen and oxygen atoms in total. The predicted octanol–water partition coefficient (Wildman–Crippen LogP) is 1.56. The molecule has 164 valence electrons. The van der Waals surface area contributed by atoms with Crippen LogP contribution >= 0.6 is 0 Å². The van der Waals surface area contributed by atoms with Gasteiger partial charge in [-0.15, -0.1) is 0 Å². The molecule has 0 spiro atoms. The van der Waals surface area contributed by atoms with Crippen LogP contribution in [0.1, 0.15) is 27.7 Å². The molecule has 1 fully saturated rings. The van der Waals surface area contributed by atoms with E-state index in [9.17, 15) is 4.79 Å². The van der Waals surface area contributed by atoms with Crippen molar-refractivity contribution in [3.63, 3.8) is 0 Å². The van der Waals surface area contributed by atoms with Gasteiger partial charge < -0.3 is 25.5 Å². The van der Waals surface area contributed by atoms with E-state index in [2.05, 4.69) is 25.4 Å². The van der Waals surface area contributed by atoms with Crippen LogP contribution in [0, 0.1) is 6.92 Å². The molecule has 1 aliphatic rings. The minimum atomic E-state index is -0.671. The van der Waals surface area contributed by atoms with Crippen molar-refractivity contribution in [2.45, 2.75) is 19.4 Å². The first-order valence-corrected chi connectivity index (χ1v) is 10.2. The third-order valence-electron chi connectivity index (χ3n) is 5.35. The molecule has 1 saturated heterocycles. The minimum absolute atomic E-state index is 0.0241. The van der Waals surface area contributed by atoms with Crippen molar-refractivity contribution in [3.8, 4) is 0 Å². The van der Waals surface area contributed by atoms with Gasteiger partial charge in [0.15, 0.2) is 17.1 Å². The third-order valence-corrected chi connectivity index (χ3v) is 5.35. The van der Waals surface area contributed by atoms with Crippen LogP contribution in [0.25, 0.3) is 11.1 Å². The molecule has 0 atom stereocenters. The molecular weight excluding hydrogens is 412 g/mol. The lowest BCUT2D eigenvalue weighted by Crippen LogP contribution is -2.45. The van der Waals surface area contributed by atoms with Crippen LogP contribution in [0.5, 0.6) is 0 Å². The highest BCUT2D eigenvalue weighted by atomic mass is 16.4. The van der Waals surface area contributed by atoms with Crippen molar-refractivity contribution in [1.82, 2.24) is 24.7 Å². The van der Waals surface area contributed by atoms with Crippen molar-refractivity contribution >= 4 is 34.5 Å². The topological polar surface area (TPSA) is 148 Å². The number of nitrogens with two attached hydrogens (primary N) is 1. The van der Waals surface area contributed by atoms with Crippen LogP contribution in [-0.4, -0.2) is 55.4 Å². The van der Waals surface area contributed by atoms with Crippen molar-refractivity contribution in [3.05, 3.63) is 53.7 Å². The summed E-state index contributed by atoms with van der Waals surface area (Å²) in [5.41, 5.74) is 9.61. The lowest BCUT2D eigenvalue weighted by atomic mass is 9.97. The summed E-state index contributed by atoms with van der Waals surface area (Å²) in [4.78, 5) is 27.4. The van der Waals surface area contributed by atoms with E-state index in [1.165, 1.54) is 0 Å². The van der Waals surface area contributed by atoms with Crippen molar-refractivity contribution in [2.24, 2.45) is 5.73 Å². The maximum atomic E-state index is 12.0. The molecule has 11 heteroatoms. The number of anilines is 3. The van der Waals surface area contributed by atoms with E-state index in [-0.39, 0.29) is 24.0 Å². The maximum Gasteiger partial charge on any atom is 0.298 e. The number of aliphatic hydroxyl groups excluding tert-OH is 1. The predicted molar refractivity (Wildman–Crippen MR) is 117 cm³/mol. The zero-order valence-electron chi connectivity index (χ0n) is 17.4. The number of oxazole rings is 1. The number of aromatic nitrogens is 5. The van der Waals surface area contributed by atoms with Crippen molar-refractivity contribution in [1.29, 1.82) is 0 Å². The number of rotatable bonds is 7. The minimum Gasteiger partial charge on any atom is -0.423 e. The summed E-state index contributed by atoms with van der Waals surface area (Å²) in [6, 6.07) is 6.48. The Morgan fingerprint density at radius 3 is 2.94 bits per heavy atom. The van der Waals surface area contributed by atoms with E-state index >= 15 is 0 Å². The fourth-order valence-electron chi connectivity index (χ4n) is 3.63. The Kier molecular flexibility index (Phi) is 4.94. The van der Waals surface area contributed by atoms with Crippen LogP contribution in [0.2, 0.25) is 0 Å². The van der Waals surface area contributed by atoms with E-state index in [1.54, 1.807) is 23.3 Å². The van der Waals surface area contributed by atoms with Crippen molar-refractivity contribution < 1.29 is 14.3 Å². The number of amides is 1. The molecule has 0 unspecified atom stereocenters. The number of benzene rings is 1. The standard InChI is InChI=1S/C21H22N8O3/c1-12-2-3-15-17(6-12)32-21(27-15)28-9-13(10-28)16-8-23-20(18(26-16)19(22)31)25-14-7-24-29(11-14)4-5-30/h2-3,6-8,11,13,30H,4-5,9-10H2,1H3,(H2,22,31)(H,23,25). The average molecular weight is 434 g/mol. The van der Waals surface area contributed by atoms with Crippen LogP contribution in [0.15, 0.2) is 41.2 Å². The molecule has 4 N–H and O–H groups in total. The van der Waals surface area contributed by atoms with Gasteiger partial charge >= 0.3 is 0 Å². The fourth-order valence-corrected chi connectivity index (χ4v) is 3.63. The summed E-state index contributed by atoms with van der Waals surface area (Å²) in [6.07, 6.45) is 4.91. The van der Waals surface area contributed by atoms with Gasteiger partial charge in [0.25, 0.3) is 11.9 Å². The lowest BCUT2D eigenvalue weighted by molar-refractivity contribution is 0.0995. The number of aliphatic hydroxyl groups is 1. The van der Waals surface area contributed by atoms with Gasteiger partial charge in [0.2, 0.25) is 0 Å². The van der Waals surface area contributed by atoms with Crippen LogP contribution in [0.4, 0.5) is 17.5 Å². The van der Waals surface area contributed by atoms with E-state index in [0.717, 1.165) is 16.7 Å². The monoisotopic (exact) mass is 434 g/mol. The first-order chi connectivity index (χ1) is 15.5. The molecular formula is C21H22N8O3. The smallest absolute Gasteiger partial charge is 0.298 e. The lowest BCUT2D eigenvalue weighted by Gasteiger charge is -2.37. The zero-order valence-corrected chi connectivity index (χ0v) is 17.4. The second-order valence-corrected chi connectivity index (χ2v) is 7.77. The molecule has 4 heterocycles. The number of aryl methyl sites for hydroxylation is 1. The summed E-state index contributed by atoms with van der Waals surface area (Å²) in [6.45, 7) is 3.66. The highest BCUT2D eigenvalue weighted by Crippen LogP contribution is 2.33. The highest BCUT2D eigenvalue weighted by Gasteiger charge is 2.33. The molecule has 5 rings (SSSR count). The molecule has 1 aliphatic heterocycles. The molecule has 0 aliphatic carbocycles. The number of carbonyl (C=O) groups excluding carboxylic acids is 1. The molecule has 4 aromatic rings. The quantitative estimate of drug-likeness (QED) is 0.394. The molecule has 0 radical (unpaired) electrons. The number of nitrogens with one attached hydrogen (secondary N) is 1. The average Bonchev–Trinajstić information content (AvgIpc) is 3.34. The van der Waals surface area contributed by atoms with Gasteiger partial charge in [-0.25, -0.2) is 9.97 Å². The number of nitrogens with zero attached hydrogens (tertiary/aromatic N) is 6. The van der Waals surface area contributed by atoms with E-state index < -0.39 is 5.91 Å². The Balaban J connectivity index is 1.31. The summed E-state index contributed by atoms with van der Waals surface area (Å²) in [7, 11) is 0. The first-order valence-electron chi connectivity index (χ1n) is 10.2. The summed E-state index contributed by atoms with van der Waals surface area (Å²) in [5.74, 6) is -0.330. The van der Waals surface area contributed by atoms with E-state index in [1.807, 2.05) is 30.0 Å². The molecule has 1 aromatic carbocycles. The Morgan fingerprint density at radius 1 is 1.31 bits per heavy atom. The summed E-state index contributed by atoms with van der Waals surface area (Å²) >= 11 is 0. The Morgan fingerprint density at radius 2 is 2.16 bits per heavy atom. The molecule has 1 amide bonds. The number of carbonyl (C=O) groups is 1. The van der Waals surface area contributed by atoms with Crippen LogP contribution in [-0.2, 0) is 6.54 Å². The Labute approximate surface area is 182 Å². The Hall–Kier alpha value is -3.99. The van der Waals surface area contributed by atoms with E-state index in [4.69, 9.17) is 15.3 Å². The van der Waals surface area contributed by atoms with Gasteiger partial charge in [0, 0.05) is 25.2 Å². The third kappa shape index (κ3) is 3.73. The number of hydrogen-bond acceptors (Lipinski definition) is 9. The second kappa shape index (κ2) is 7.93. The second-order valence-electron chi connectivity index (χ2n) is 7.77. The first kappa shape index (κ1) is 19.9. The van der Waals surface area contributed by atoms with Crippen LogP contribution in [0.3, 0.4) is 0 Å². The number of hydrogen-bond donors (Lipinski definition) is 3. The molecule has 32 heavy (non-hydrogen) atoms. The maximum absolute atomic E-state index is 12.0. The van der Waals surface area contributed by atoms with E-state index in [0.29, 0.717) is 37.0 Å². The van der Waals surface area contributed by atoms with Gasteiger partial charge in [-0.2, -0.15) is 10.1 Å². The van der Waals surface area contributed by atoms with Crippen molar-refractivity contribution in [2.75, 3.05) is 29.9 Å². The van der Waals surface area contributed by atoms with Gasteiger partial charge in [-0.1, -0.05) is 6.07 Å². The number of primary amides is 1. The Bertz CT molecular complexity index is 1290. The van der Waals surface area contributed by atoms with Gasteiger partial charge in [-0.3, -0.25) is 9.48 Å². The summed E-state index contributed by atoms with van der Waals surface area (Å²) in [5, 5.41) is 16.1. The normalized spacial score (nSPS) is 14.0.